The van der Waals surface area contributed by atoms with Crippen LogP contribution in [0.2, 0.25) is 0 Å². The number of imidazole rings is 1. The Kier molecular flexibility index (Phi) is 7.20. The molecule has 7 nitrogen and oxygen atoms in total. The van der Waals surface area contributed by atoms with Gasteiger partial charge in [-0.15, -0.1) is 0 Å². The Morgan fingerprint density at radius 1 is 0.833 bits per heavy atom. The number of ether oxygens (including phenoxy) is 2. The molecule has 6 aromatic rings. The van der Waals surface area contributed by atoms with Gasteiger partial charge in [0.05, 0.1) is 44.0 Å². The fourth-order valence-corrected chi connectivity index (χ4v) is 5.97. The molecule has 0 bridgehead atoms. The molecule has 0 N–H and O–H groups in total. The average Bonchev–Trinajstić information content (AvgIpc) is 3.66. The molecule has 0 atom stereocenters. The molecular weight excluding hydrogens is 522 g/mol. The summed E-state index contributed by atoms with van der Waals surface area (Å²) in [6.07, 6.45) is 4.67. The van der Waals surface area contributed by atoms with Gasteiger partial charge in [0.1, 0.15) is 17.2 Å². The van der Waals surface area contributed by atoms with E-state index in [0.29, 0.717) is 30.0 Å². The van der Waals surface area contributed by atoms with Gasteiger partial charge in [-0.2, -0.15) is 10.4 Å². The lowest BCUT2D eigenvalue weighted by Gasteiger charge is -2.37. The largest absolute Gasteiger partial charge is 0.493 e. The van der Waals surface area contributed by atoms with Crippen molar-refractivity contribution in [3.63, 3.8) is 0 Å². The van der Waals surface area contributed by atoms with E-state index in [1.807, 2.05) is 42.2 Å². The first-order valence-corrected chi connectivity index (χ1v) is 13.9. The summed E-state index contributed by atoms with van der Waals surface area (Å²) in [7, 11) is 3.12. The van der Waals surface area contributed by atoms with E-state index >= 15 is 0 Å². The van der Waals surface area contributed by atoms with Crippen molar-refractivity contribution in [3.8, 4) is 17.6 Å². The Morgan fingerprint density at radius 3 is 1.88 bits per heavy atom. The maximum absolute atomic E-state index is 10.1. The van der Waals surface area contributed by atoms with Crippen molar-refractivity contribution in [1.29, 1.82) is 5.26 Å². The molecule has 0 aliphatic carbocycles. The zero-order valence-electron chi connectivity index (χ0n) is 23.9. The van der Waals surface area contributed by atoms with E-state index in [1.165, 1.54) is 0 Å². The molecular formula is C35H31N5O2. The Labute approximate surface area is 245 Å². The predicted molar refractivity (Wildman–Crippen MR) is 163 cm³/mol. The number of nitrogens with zero attached hydrogens (tertiary/aromatic N) is 5. The van der Waals surface area contributed by atoms with Crippen LogP contribution in [0.5, 0.6) is 11.5 Å². The van der Waals surface area contributed by atoms with Gasteiger partial charge in [-0.3, -0.25) is 4.68 Å². The van der Waals surface area contributed by atoms with E-state index in [-0.39, 0.29) is 0 Å². The first-order chi connectivity index (χ1) is 20.6. The van der Waals surface area contributed by atoms with Crippen LogP contribution in [0, 0.1) is 11.3 Å². The quantitative estimate of drug-likeness (QED) is 0.189. The number of benzene rings is 4. The first-order valence-electron chi connectivity index (χ1n) is 13.9. The van der Waals surface area contributed by atoms with E-state index in [2.05, 4.69) is 89.6 Å². The summed E-state index contributed by atoms with van der Waals surface area (Å²) >= 11 is 0. The Bertz CT molecular complexity index is 1770. The highest BCUT2D eigenvalue weighted by atomic mass is 16.5. The van der Waals surface area contributed by atoms with Crippen molar-refractivity contribution >= 4 is 10.9 Å². The second-order valence-corrected chi connectivity index (χ2v) is 10.0. The Hall–Kier alpha value is -5.35. The fourth-order valence-electron chi connectivity index (χ4n) is 5.97. The second-order valence-electron chi connectivity index (χ2n) is 10.0. The van der Waals surface area contributed by atoms with Crippen LogP contribution < -0.4 is 9.47 Å². The van der Waals surface area contributed by atoms with Crippen molar-refractivity contribution < 1.29 is 9.47 Å². The third-order valence-electron chi connectivity index (χ3n) is 7.81. The molecule has 0 radical (unpaired) electrons. The lowest BCUT2D eigenvalue weighted by Crippen LogP contribution is -2.36. The predicted octanol–water partition coefficient (Wildman–Crippen LogP) is 6.57. The molecule has 2 heterocycles. The summed E-state index contributed by atoms with van der Waals surface area (Å²) in [6, 6.07) is 35.7. The van der Waals surface area contributed by atoms with E-state index in [1.54, 1.807) is 14.2 Å². The van der Waals surface area contributed by atoms with Gasteiger partial charge in [0, 0.05) is 17.6 Å². The van der Waals surface area contributed by atoms with Crippen molar-refractivity contribution in [2.45, 2.75) is 25.4 Å². The highest BCUT2D eigenvalue weighted by Gasteiger charge is 2.38. The summed E-state index contributed by atoms with van der Waals surface area (Å²) in [6.45, 7) is 2.45. The minimum absolute atomic E-state index is 0.415. The highest BCUT2D eigenvalue weighted by Crippen LogP contribution is 2.41. The minimum Gasteiger partial charge on any atom is -0.493 e. The summed E-state index contributed by atoms with van der Waals surface area (Å²) in [5, 5.41) is 15.8. The minimum atomic E-state index is -0.652. The van der Waals surface area contributed by atoms with Crippen LogP contribution in [0.4, 0.5) is 0 Å². The fraction of sp³-hybridized carbons (Fsp3) is 0.171. The first kappa shape index (κ1) is 26.9. The topological polar surface area (TPSA) is 77.9 Å². The lowest BCUT2D eigenvalue weighted by molar-refractivity contribution is 0.355. The van der Waals surface area contributed by atoms with Crippen molar-refractivity contribution in [2.75, 3.05) is 14.2 Å². The van der Waals surface area contributed by atoms with E-state index in [9.17, 15) is 5.26 Å². The number of aromatic nitrogens is 4. The van der Waals surface area contributed by atoms with Crippen LogP contribution in [0.3, 0.4) is 0 Å². The SMILES string of the molecule is CCc1nn(Cc2cn(C(c3ccccc3)(c3ccccc3)c3ccccc3)cn2)c2cc(OC)c(OC)c(C#N)c12. The molecule has 7 heteroatoms. The second kappa shape index (κ2) is 11.3. The number of hydrogen-bond donors (Lipinski definition) is 0. The normalized spacial score (nSPS) is 11.4. The monoisotopic (exact) mass is 553 g/mol. The van der Waals surface area contributed by atoms with Crippen LogP contribution in [0.15, 0.2) is 110 Å². The number of nitriles is 1. The van der Waals surface area contributed by atoms with Gasteiger partial charge in [0.25, 0.3) is 0 Å². The molecule has 0 unspecified atom stereocenters. The maximum atomic E-state index is 10.1. The zero-order chi connectivity index (χ0) is 29.1. The molecule has 0 fully saturated rings. The summed E-state index contributed by atoms with van der Waals surface area (Å²) in [4.78, 5) is 4.90. The van der Waals surface area contributed by atoms with Crippen LogP contribution in [0.1, 0.15) is 40.6 Å². The number of rotatable bonds is 9. The molecule has 42 heavy (non-hydrogen) atoms. The molecule has 0 aliphatic heterocycles. The molecule has 0 spiro atoms. The Balaban J connectivity index is 1.53. The van der Waals surface area contributed by atoms with Crippen molar-refractivity contribution in [1.82, 2.24) is 19.3 Å². The maximum Gasteiger partial charge on any atom is 0.179 e. The van der Waals surface area contributed by atoms with Crippen molar-refractivity contribution in [3.05, 3.63) is 143 Å². The van der Waals surface area contributed by atoms with Crippen LogP contribution in [-0.4, -0.2) is 33.6 Å². The zero-order valence-corrected chi connectivity index (χ0v) is 23.9. The van der Waals surface area contributed by atoms with Crippen LogP contribution >= 0.6 is 0 Å². The summed E-state index contributed by atoms with van der Waals surface area (Å²) in [5.41, 5.74) is 5.61. The number of fused-ring (bicyclic) bond motifs is 1. The van der Waals surface area contributed by atoms with Gasteiger partial charge in [-0.1, -0.05) is 97.9 Å². The molecule has 4 aromatic carbocycles. The number of aryl methyl sites for hydroxylation is 1. The molecule has 208 valence electrons. The summed E-state index contributed by atoms with van der Waals surface area (Å²) in [5.74, 6) is 0.913. The average molecular weight is 554 g/mol. The third kappa shape index (κ3) is 4.29. The molecule has 0 saturated carbocycles. The van der Waals surface area contributed by atoms with Crippen LogP contribution in [0.25, 0.3) is 10.9 Å². The van der Waals surface area contributed by atoms with Crippen molar-refractivity contribution in [2.24, 2.45) is 0 Å². The molecule has 0 saturated heterocycles. The van der Waals surface area contributed by atoms with Crippen LogP contribution in [-0.2, 0) is 18.5 Å². The van der Waals surface area contributed by atoms with Gasteiger partial charge in [-0.25, -0.2) is 4.98 Å². The van der Waals surface area contributed by atoms with Gasteiger partial charge >= 0.3 is 0 Å². The van der Waals surface area contributed by atoms with Gasteiger partial charge in [-0.05, 0) is 23.1 Å². The van der Waals surface area contributed by atoms with E-state index in [0.717, 1.165) is 39.0 Å². The highest BCUT2D eigenvalue weighted by molar-refractivity contribution is 5.92. The molecule has 0 amide bonds. The third-order valence-corrected chi connectivity index (χ3v) is 7.81. The Morgan fingerprint density at radius 2 is 1.40 bits per heavy atom. The molecule has 2 aromatic heterocycles. The standard InChI is InChI=1S/C35H31N5O2/c1-4-30-33-29(21-36)34(42-3)32(41-2)20-31(33)40(38-30)23-28-22-39(24-37-28)35(25-14-8-5-9-15-25,26-16-10-6-11-17-26)27-18-12-7-13-19-27/h5-20,22,24H,4,23H2,1-3H3. The lowest BCUT2D eigenvalue weighted by atomic mass is 9.77. The van der Waals surface area contributed by atoms with Gasteiger partial charge in [0.2, 0.25) is 0 Å². The van der Waals surface area contributed by atoms with E-state index in [4.69, 9.17) is 19.6 Å². The smallest absolute Gasteiger partial charge is 0.179 e. The molecule has 6 rings (SSSR count). The summed E-state index contributed by atoms with van der Waals surface area (Å²) < 4.78 is 15.2. The van der Waals surface area contributed by atoms with Gasteiger partial charge < -0.3 is 14.0 Å². The van der Waals surface area contributed by atoms with E-state index < -0.39 is 5.54 Å². The van der Waals surface area contributed by atoms with Gasteiger partial charge in [0.15, 0.2) is 11.5 Å². The molecule has 0 aliphatic rings. The number of methoxy groups -OCH3 is 2. The number of hydrogen-bond acceptors (Lipinski definition) is 5.